The Morgan fingerprint density at radius 2 is 2.24 bits per heavy atom. The molecule has 2 atom stereocenters. The van der Waals surface area contributed by atoms with Crippen LogP contribution in [0, 0.1) is 6.92 Å². The first-order chi connectivity index (χ1) is 8.22. The summed E-state index contributed by atoms with van der Waals surface area (Å²) >= 11 is 0. The van der Waals surface area contributed by atoms with Crippen molar-refractivity contribution in [3.05, 3.63) is 11.8 Å². The Morgan fingerprint density at radius 3 is 2.88 bits per heavy atom. The molecule has 1 aliphatic carbocycles. The van der Waals surface area contributed by atoms with E-state index < -0.39 is 0 Å². The lowest BCUT2D eigenvalue weighted by atomic mass is 10.2. The number of hydrogen-bond acceptors (Lipinski definition) is 5. The first kappa shape index (κ1) is 12.1. The van der Waals surface area contributed by atoms with E-state index in [-0.39, 0.29) is 0 Å². The van der Waals surface area contributed by atoms with Gasteiger partial charge in [0.1, 0.15) is 5.82 Å². The maximum atomic E-state index is 5.37. The maximum absolute atomic E-state index is 5.37. The SMILES string of the molecule is CNc1ncc(C)c(NC2CCC(OC)C2)n1. The second kappa shape index (κ2) is 5.31. The van der Waals surface area contributed by atoms with Crippen molar-refractivity contribution in [2.24, 2.45) is 0 Å². The summed E-state index contributed by atoms with van der Waals surface area (Å²) < 4.78 is 5.37. The highest BCUT2D eigenvalue weighted by Crippen LogP contribution is 2.25. The van der Waals surface area contributed by atoms with E-state index in [1.165, 1.54) is 0 Å². The van der Waals surface area contributed by atoms with Gasteiger partial charge >= 0.3 is 0 Å². The number of nitrogens with one attached hydrogen (secondary N) is 2. The Labute approximate surface area is 102 Å². The molecule has 1 fully saturated rings. The highest BCUT2D eigenvalue weighted by Gasteiger charge is 2.24. The average molecular weight is 236 g/mol. The first-order valence-electron chi connectivity index (χ1n) is 6.03. The molecule has 2 rings (SSSR count). The molecular weight excluding hydrogens is 216 g/mol. The van der Waals surface area contributed by atoms with Gasteiger partial charge in [-0.15, -0.1) is 0 Å². The second-order valence-electron chi connectivity index (χ2n) is 4.49. The molecule has 5 nitrogen and oxygen atoms in total. The number of nitrogens with zero attached hydrogens (tertiary/aromatic N) is 2. The average Bonchev–Trinajstić information content (AvgIpc) is 2.80. The van der Waals surface area contributed by atoms with Gasteiger partial charge in [-0.1, -0.05) is 0 Å². The fourth-order valence-electron chi connectivity index (χ4n) is 2.19. The molecule has 0 spiro atoms. The zero-order valence-electron chi connectivity index (χ0n) is 10.7. The van der Waals surface area contributed by atoms with Crippen LogP contribution in [0.4, 0.5) is 11.8 Å². The van der Waals surface area contributed by atoms with Gasteiger partial charge in [-0.2, -0.15) is 4.98 Å². The summed E-state index contributed by atoms with van der Waals surface area (Å²) in [6.45, 7) is 2.02. The number of hydrogen-bond donors (Lipinski definition) is 2. The zero-order chi connectivity index (χ0) is 12.3. The van der Waals surface area contributed by atoms with Crippen LogP contribution in [0.25, 0.3) is 0 Å². The third kappa shape index (κ3) is 2.85. The monoisotopic (exact) mass is 236 g/mol. The van der Waals surface area contributed by atoms with Crippen LogP contribution in [-0.2, 0) is 4.74 Å². The quantitative estimate of drug-likeness (QED) is 0.835. The van der Waals surface area contributed by atoms with Crippen LogP contribution < -0.4 is 10.6 Å². The Bertz CT molecular complexity index is 383. The Balaban J connectivity index is 2.03. The molecule has 2 unspecified atom stereocenters. The smallest absolute Gasteiger partial charge is 0.224 e. The van der Waals surface area contributed by atoms with Gasteiger partial charge in [-0.05, 0) is 26.2 Å². The molecule has 0 aliphatic heterocycles. The third-order valence-corrected chi connectivity index (χ3v) is 3.25. The van der Waals surface area contributed by atoms with Crippen molar-refractivity contribution in [1.82, 2.24) is 9.97 Å². The summed E-state index contributed by atoms with van der Waals surface area (Å²) in [7, 11) is 3.60. The lowest BCUT2D eigenvalue weighted by Crippen LogP contribution is -2.19. The molecule has 0 amide bonds. The minimum atomic E-state index is 0.387. The van der Waals surface area contributed by atoms with Crippen LogP contribution in [0.15, 0.2) is 6.20 Å². The van der Waals surface area contributed by atoms with Crippen molar-refractivity contribution < 1.29 is 4.74 Å². The summed E-state index contributed by atoms with van der Waals surface area (Å²) in [6.07, 6.45) is 5.53. The number of anilines is 2. The van der Waals surface area contributed by atoms with E-state index in [1.54, 1.807) is 7.11 Å². The van der Waals surface area contributed by atoms with Crippen LogP contribution >= 0.6 is 0 Å². The fourth-order valence-corrected chi connectivity index (χ4v) is 2.19. The molecule has 1 aromatic rings. The minimum Gasteiger partial charge on any atom is -0.381 e. The molecule has 1 heterocycles. The second-order valence-corrected chi connectivity index (χ2v) is 4.49. The fraction of sp³-hybridized carbons (Fsp3) is 0.667. The molecule has 1 saturated carbocycles. The molecule has 0 radical (unpaired) electrons. The standard InChI is InChI=1S/C12H20N4O/c1-8-7-14-12(13-2)16-11(8)15-9-4-5-10(6-9)17-3/h7,9-10H,4-6H2,1-3H3,(H2,13,14,15,16). The summed E-state index contributed by atoms with van der Waals surface area (Å²) in [6, 6.07) is 0.457. The topological polar surface area (TPSA) is 59.1 Å². The molecule has 17 heavy (non-hydrogen) atoms. The van der Waals surface area contributed by atoms with E-state index >= 15 is 0 Å². The van der Waals surface area contributed by atoms with Crippen LogP contribution in [0.2, 0.25) is 0 Å². The van der Waals surface area contributed by atoms with Gasteiger partial charge in [0.25, 0.3) is 0 Å². The normalized spacial score (nSPS) is 23.7. The number of aryl methyl sites for hydroxylation is 1. The molecule has 94 valence electrons. The van der Waals surface area contributed by atoms with E-state index in [1.807, 2.05) is 20.2 Å². The van der Waals surface area contributed by atoms with E-state index in [0.29, 0.717) is 18.1 Å². The lowest BCUT2D eigenvalue weighted by Gasteiger charge is -2.15. The van der Waals surface area contributed by atoms with E-state index in [2.05, 4.69) is 20.6 Å². The molecular formula is C12H20N4O. The van der Waals surface area contributed by atoms with Crippen LogP contribution in [0.5, 0.6) is 0 Å². The Hall–Kier alpha value is -1.36. The molecule has 1 aliphatic rings. The number of methoxy groups -OCH3 is 1. The van der Waals surface area contributed by atoms with Crippen molar-refractivity contribution in [2.45, 2.75) is 38.3 Å². The summed E-state index contributed by atoms with van der Waals surface area (Å²) in [5.41, 5.74) is 1.07. The molecule has 5 heteroatoms. The summed E-state index contributed by atoms with van der Waals surface area (Å²) in [4.78, 5) is 8.61. The van der Waals surface area contributed by atoms with Gasteiger partial charge < -0.3 is 15.4 Å². The van der Waals surface area contributed by atoms with Crippen molar-refractivity contribution in [3.8, 4) is 0 Å². The lowest BCUT2D eigenvalue weighted by molar-refractivity contribution is 0.108. The molecule has 0 saturated heterocycles. The Kier molecular flexibility index (Phi) is 3.78. The van der Waals surface area contributed by atoms with Gasteiger partial charge in [-0.3, -0.25) is 0 Å². The zero-order valence-corrected chi connectivity index (χ0v) is 10.7. The van der Waals surface area contributed by atoms with E-state index in [9.17, 15) is 0 Å². The third-order valence-electron chi connectivity index (χ3n) is 3.25. The first-order valence-corrected chi connectivity index (χ1v) is 6.03. The van der Waals surface area contributed by atoms with Gasteiger partial charge in [0, 0.05) is 32.0 Å². The van der Waals surface area contributed by atoms with Crippen molar-refractivity contribution in [1.29, 1.82) is 0 Å². The predicted octanol–water partition coefficient (Wildman–Crippen LogP) is 1.81. The van der Waals surface area contributed by atoms with Gasteiger partial charge in [0.15, 0.2) is 0 Å². The largest absolute Gasteiger partial charge is 0.381 e. The van der Waals surface area contributed by atoms with Crippen molar-refractivity contribution in [2.75, 3.05) is 24.8 Å². The number of ether oxygens (including phenoxy) is 1. The van der Waals surface area contributed by atoms with Crippen LogP contribution in [0.3, 0.4) is 0 Å². The highest BCUT2D eigenvalue weighted by molar-refractivity contribution is 5.47. The van der Waals surface area contributed by atoms with Crippen LogP contribution in [0.1, 0.15) is 24.8 Å². The number of rotatable bonds is 4. The minimum absolute atomic E-state index is 0.387. The van der Waals surface area contributed by atoms with Crippen molar-refractivity contribution in [3.63, 3.8) is 0 Å². The molecule has 1 aromatic heterocycles. The van der Waals surface area contributed by atoms with Crippen LogP contribution in [-0.4, -0.2) is 36.3 Å². The van der Waals surface area contributed by atoms with Gasteiger partial charge in [-0.25, -0.2) is 4.98 Å². The highest BCUT2D eigenvalue weighted by atomic mass is 16.5. The summed E-state index contributed by atoms with van der Waals surface area (Å²) in [5, 5.41) is 6.43. The van der Waals surface area contributed by atoms with Crippen molar-refractivity contribution >= 4 is 11.8 Å². The van der Waals surface area contributed by atoms with Gasteiger partial charge in [0.2, 0.25) is 5.95 Å². The molecule has 2 N–H and O–H groups in total. The summed E-state index contributed by atoms with van der Waals surface area (Å²) in [5.74, 6) is 1.57. The predicted molar refractivity (Wildman–Crippen MR) is 68.4 cm³/mol. The number of aromatic nitrogens is 2. The maximum Gasteiger partial charge on any atom is 0.224 e. The molecule has 0 bridgehead atoms. The molecule has 0 aromatic carbocycles. The van der Waals surface area contributed by atoms with E-state index in [0.717, 1.165) is 30.6 Å². The van der Waals surface area contributed by atoms with Gasteiger partial charge in [0.05, 0.1) is 6.10 Å². The van der Waals surface area contributed by atoms with E-state index in [4.69, 9.17) is 4.74 Å². The Morgan fingerprint density at radius 1 is 1.41 bits per heavy atom.